The van der Waals surface area contributed by atoms with Gasteiger partial charge in [-0.05, 0) is 69.8 Å². The van der Waals surface area contributed by atoms with E-state index in [1.54, 1.807) is 19.1 Å². The lowest BCUT2D eigenvalue weighted by atomic mass is 10.1. The monoisotopic (exact) mass is 531 g/mol. The number of carbonyl (C=O) groups excluding carboxylic acids is 2. The van der Waals surface area contributed by atoms with Crippen LogP contribution in [0.5, 0.6) is 0 Å². The molecular weight excluding hydrogens is 498 g/mol. The Morgan fingerprint density at radius 1 is 1.14 bits per heavy atom. The van der Waals surface area contributed by atoms with Crippen LogP contribution >= 0.6 is 12.4 Å². The Balaban J connectivity index is 0.00000481. The van der Waals surface area contributed by atoms with Crippen molar-refractivity contribution >= 4 is 47.0 Å². The fourth-order valence-electron chi connectivity index (χ4n) is 3.67. The van der Waals surface area contributed by atoms with Crippen molar-refractivity contribution in [1.82, 2.24) is 10.3 Å². The highest BCUT2D eigenvalue weighted by Gasteiger charge is 2.22. The van der Waals surface area contributed by atoms with Crippen LogP contribution in [0.15, 0.2) is 51.7 Å². The summed E-state index contributed by atoms with van der Waals surface area (Å²) in [4.78, 5) is 42.4. The quantitative estimate of drug-likeness (QED) is 0.270. The van der Waals surface area contributed by atoms with E-state index in [1.165, 1.54) is 0 Å². The number of carbonyl (C=O) groups is 2. The van der Waals surface area contributed by atoms with Gasteiger partial charge < -0.3 is 30.8 Å². The van der Waals surface area contributed by atoms with Gasteiger partial charge in [0.1, 0.15) is 12.6 Å². The molecule has 0 aliphatic rings. The van der Waals surface area contributed by atoms with E-state index >= 15 is 0 Å². The maximum atomic E-state index is 13.1. The maximum Gasteiger partial charge on any atom is 0.408 e. The van der Waals surface area contributed by atoms with Gasteiger partial charge in [-0.3, -0.25) is 4.79 Å². The Morgan fingerprint density at radius 2 is 1.86 bits per heavy atom. The molecule has 0 aliphatic carbocycles. The summed E-state index contributed by atoms with van der Waals surface area (Å²) in [6, 6.07) is 11.8. The maximum absolute atomic E-state index is 13.1. The van der Waals surface area contributed by atoms with E-state index in [4.69, 9.17) is 14.9 Å². The summed E-state index contributed by atoms with van der Waals surface area (Å²) < 4.78 is 10.5. The van der Waals surface area contributed by atoms with Gasteiger partial charge in [0.05, 0.1) is 10.9 Å². The Bertz CT molecular complexity index is 1250. The molecule has 37 heavy (non-hydrogen) atoms. The Labute approximate surface area is 221 Å². The number of amides is 2. The molecule has 10 nitrogen and oxygen atoms in total. The van der Waals surface area contributed by atoms with Gasteiger partial charge in [0.15, 0.2) is 0 Å². The van der Waals surface area contributed by atoms with Crippen LogP contribution in [0.1, 0.15) is 44.2 Å². The Kier molecular flexibility index (Phi) is 11.4. The van der Waals surface area contributed by atoms with Gasteiger partial charge in [-0.1, -0.05) is 30.3 Å². The number of hydrogen-bond donors (Lipinski definition) is 4. The zero-order chi connectivity index (χ0) is 26.1. The van der Waals surface area contributed by atoms with Crippen molar-refractivity contribution in [3.8, 4) is 0 Å². The lowest BCUT2D eigenvalue weighted by molar-refractivity contribution is -0.118. The molecule has 0 saturated heterocycles. The summed E-state index contributed by atoms with van der Waals surface area (Å²) in [5.41, 5.74) is 7.36. The molecule has 0 bridgehead atoms. The van der Waals surface area contributed by atoms with Crippen molar-refractivity contribution in [3.63, 3.8) is 0 Å². The topological polar surface area (TPSA) is 149 Å². The molecule has 2 aromatic carbocycles. The summed E-state index contributed by atoms with van der Waals surface area (Å²) in [5, 5.41) is 8.79. The number of benzene rings is 2. The third-order valence-electron chi connectivity index (χ3n) is 5.38. The van der Waals surface area contributed by atoms with Crippen LogP contribution in [0.2, 0.25) is 0 Å². The molecule has 0 spiro atoms. The van der Waals surface area contributed by atoms with Gasteiger partial charge in [0, 0.05) is 11.7 Å². The van der Waals surface area contributed by atoms with E-state index in [-0.39, 0.29) is 31.1 Å². The van der Waals surface area contributed by atoms with Crippen molar-refractivity contribution in [2.45, 2.75) is 58.7 Å². The highest BCUT2D eigenvalue weighted by molar-refractivity contribution is 5.98. The zero-order valence-corrected chi connectivity index (χ0v) is 22.0. The van der Waals surface area contributed by atoms with E-state index in [9.17, 15) is 14.4 Å². The van der Waals surface area contributed by atoms with Crippen molar-refractivity contribution in [2.24, 2.45) is 5.73 Å². The van der Waals surface area contributed by atoms with E-state index < -0.39 is 23.7 Å². The highest BCUT2D eigenvalue weighted by atomic mass is 35.5. The van der Waals surface area contributed by atoms with Crippen LogP contribution in [0, 0.1) is 6.92 Å². The number of alkyl carbamates (subject to hydrolysis) is 1. The molecule has 200 valence electrons. The summed E-state index contributed by atoms with van der Waals surface area (Å²) in [6.07, 6.45) is 1.06. The molecule has 1 heterocycles. The van der Waals surface area contributed by atoms with Crippen molar-refractivity contribution < 1.29 is 18.7 Å². The summed E-state index contributed by atoms with van der Waals surface area (Å²) in [7, 11) is 0. The minimum Gasteiger partial charge on any atom is -0.445 e. The number of halogens is 1. The standard InChI is InChI=1S/C26H33N5O5.ClH/c1-16(2)28-25-30-21-14-19(13-17(3)22(21)24(33)36-25)29-23(32)20(11-7-8-12-27)31-26(34)35-15-18-9-5-4-6-10-18;/h4-6,9-10,13-14,16,20H,7-8,11-12,15,27H2,1-3H3,(H,28,30)(H,29,32)(H,31,34);1H/t20-;/m0./s1. The number of anilines is 2. The Hall–Kier alpha value is -3.63. The molecule has 0 radical (unpaired) electrons. The second-order valence-corrected chi connectivity index (χ2v) is 8.83. The van der Waals surface area contributed by atoms with Gasteiger partial charge in [0.25, 0.3) is 6.01 Å². The predicted molar refractivity (Wildman–Crippen MR) is 146 cm³/mol. The van der Waals surface area contributed by atoms with Crippen LogP contribution in [-0.2, 0) is 16.1 Å². The first-order chi connectivity index (χ1) is 17.3. The number of fused-ring (bicyclic) bond motifs is 1. The minimum absolute atomic E-state index is 0. The number of aromatic nitrogens is 1. The van der Waals surface area contributed by atoms with Crippen LogP contribution in [-0.4, -0.2) is 35.6 Å². The number of aryl methyl sites for hydroxylation is 1. The van der Waals surface area contributed by atoms with Gasteiger partial charge in [-0.2, -0.15) is 4.98 Å². The zero-order valence-electron chi connectivity index (χ0n) is 21.2. The molecule has 3 aromatic rings. The van der Waals surface area contributed by atoms with Gasteiger partial charge in [-0.25, -0.2) is 9.59 Å². The second-order valence-electron chi connectivity index (χ2n) is 8.83. The molecule has 0 saturated carbocycles. The largest absolute Gasteiger partial charge is 0.445 e. The summed E-state index contributed by atoms with van der Waals surface area (Å²) in [5.74, 6) is -0.411. The second kappa shape index (κ2) is 14.2. The summed E-state index contributed by atoms with van der Waals surface area (Å²) in [6.45, 7) is 6.11. The molecule has 2 amide bonds. The number of nitrogens with two attached hydrogens (primary N) is 1. The first-order valence-corrected chi connectivity index (χ1v) is 12.0. The molecule has 0 aliphatic heterocycles. The van der Waals surface area contributed by atoms with Crippen molar-refractivity contribution in [3.05, 3.63) is 64.0 Å². The molecule has 0 unspecified atom stereocenters. The van der Waals surface area contributed by atoms with Crippen LogP contribution in [0.4, 0.5) is 16.5 Å². The van der Waals surface area contributed by atoms with Crippen LogP contribution in [0.25, 0.3) is 10.9 Å². The average molecular weight is 532 g/mol. The van der Waals surface area contributed by atoms with E-state index in [1.807, 2.05) is 44.2 Å². The van der Waals surface area contributed by atoms with Crippen molar-refractivity contribution in [1.29, 1.82) is 0 Å². The molecule has 1 aromatic heterocycles. The van der Waals surface area contributed by atoms with Gasteiger partial charge in [-0.15, -0.1) is 12.4 Å². The molecular formula is C26H34ClN5O5. The molecule has 11 heteroatoms. The van der Waals surface area contributed by atoms with Gasteiger partial charge >= 0.3 is 11.7 Å². The number of nitrogens with zero attached hydrogens (tertiary/aromatic N) is 1. The lowest BCUT2D eigenvalue weighted by Gasteiger charge is -2.19. The van der Waals surface area contributed by atoms with E-state index in [0.29, 0.717) is 48.0 Å². The van der Waals surface area contributed by atoms with Crippen LogP contribution < -0.4 is 27.3 Å². The van der Waals surface area contributed by atoms with Gasteiger partial charge in [0.2, 0.25) is 5.91 Å². The Morgan fingerprint density at radius 3 is 2.54 bits per heavy atom. The fraction of sp³-hybridized carbons (Fsp3) is 0.385. The van der Waals surface area contributed by atoms with Crippen molar-refractivity contribution in [2.75, 3.05) is 17.2 Å². The van der Waals surface area contributed by atoms with E-state index in [2.05, 4.69) is 20.9 Å². The smallest absolute Gasteiger partial charge is 0.408 e. The third-order valence-corrected chi connectivity index (χ3v) is 5.38. The lowest BCUT2D eigenvalue weighted by Crippen LogP contribution is -2.44. The summed E-state index contributed by atoms with van der Waals surface area (Å²) >= 11 is 0. The van der Waals surface area contributed by atoms with E-state index in [0.717, 1.165) is 5.56 Å². The van der Waals surface area contributed by atoms with Crippen LogP contribution in [0.3, 0.4) is 0 Å². The molecule has 0 fully saturated rings. The average Bonchev–Trinajstić information content (AvgIpc) is 2.82. The third kappa shape index (κ3) is 8.76. The number of rotatable bonds is 11. The fourth-order valence-corrected chi connectivity index (χ4v) is 3.67. The highest BCUT2D eigenvalue weighted by Crippen LogP contribution is 2.22. The molecule has 1 atom stereocenters. The molecule has 5 N–H and O–H groups in total. The number of hydrogen-bond acceptors (Lipinski definition) is 8. The number of nitrogens with one attached hydrogen (secondary N) is 3. The first-order valence-electron chi connectivity index (χ1n) is 12.0. The SMILES string of the molecule is Cc1cc(NC(=O)[C@H](CCCCN)NC(=O)OCc2ccccc2)cc2nc(NC(C)C)oc(=O)c12.Cl. The number of ether oxygens (including phenoxy) is 1. The minimum atomic E-state index is -0.831. The predicted octanol–water partition coefficient (Wildman–Crippen LogP) is 4.10. The first kappa shape index (κ1) is 29.6. The normalized spacial score (nSPS) is 11.5. The molecule has 3 rings (SSSR count). The number of unbranched alkanes of at least 4 members (excludes halogenated alkanes) is 1.